The molecule has 0 atom stereocenters. The van der Waals surface area contributed by atoms with Gasteiger partial charge in [0, 0.05) is 11.5 Å². The van der Waals surface area contributed by atoms with Crippen LogP contribution in [0.5, 0.6) is 0 Å². The van der Waals surface area contributed by atoms with E-state index in [2.05, 4.69) is 73.3 Å². The highest BCUT2D eigenvalue weighted by Gasteiger charge is 2.41. The molecule has 12 nitrogen and oxygen atoms in total. The Morgan fingerprint density at radius 3 is 1.90 bits per heavy atom. The zero-order valence-corrected chi connectivity index (χ0v) is 26.3. The molecule has 0 saturated carbocycles. The highest BCUT2D eigenvalue weighted by molar-refractivity contribution is 6.90. The van der Waals surface area contributed by atoms with Crippen molar-refractivity contribution in [2.24, 2.45) is 5.11 Å². The van der Waals surface area contributed by atoms with Crippen molar-refractivity contribution >= 4 is 8.07 Å². The van der Waals surface area contributed by atoms with Crippen molar-refractivity contribution < 1.29 is 28.4 Å². The van der Waals surface area contributed by atoms with Gasteiger partial charge in [-0.15, -0.1) is 10.6 Å². The lowest BCUT2D eigenvalue weighted by Gasteiger charge is -2.38. The fourth-order valence-electron chi connectivity index (χ4n) is 4.62. The van der Waals surface area contributed by atoms with Crippen LogP contribution in [0.25, 0.3) is 10.4 Å². The number of hydrogen-bond acceptors (Lipinski definition) is 9. The van der Waals surface area contributed by atoms with Crippen molar-refractivity contribution in [2.75, 3.05) is 79.2 Å². The van der Waals surface area contributed by atoms with Gasteiger partial charge in [-0.1, -0.05) is 57.8 Å². The SMILES string of the molecule is CC(C)[Si](C#CCOCCOCCOCCn1cc(COCCOCCOCCN=[N+]=[N-])nn1)(C(C)C)C(C)C. The van der Waals surface area contributed by atoms with E-state index in [-0.39, 0.29) is 0 Å². The highest BCUT2D eigenvalue weighted by atomic mass is 28.3. The van der Waals surface area contributed by atoms with Crippen LogP contribution in [0.15, 0.2) is 11.3 Å². The molecule has 0 saturated heterocycles. The second-order valence-corrected chi connectivity index (χ2v) is 15.8. The largest absolute Gasteiger partial charge is 0.379 e. The van der Waals surface area contributed by atoms with Gasteiger partial charge in [-0.2, -0.15) is 0 Å². The van der Waals surface area contributed by atoms with E-state index in [1.54, 1.807) is 4.68 Å². The van der Waals surface area contributed by atoms with Gasteiger partial charge in [-0.3, -0.25) is 0 Å². The van der Waals surface area contributed by atoms with E-state index >= 15 is 0 Å². The molecule has 0 aliphatic carbocycles. The van der Waals surface area contributed by atoms with Crippen LogP contribution in [-0.2, 0) is 41.6 Å². The molecule has 0 N–H and O–H groups in total. The molecule has 0 aromatic carbocycles. The monoisotopic (exact) mass is 582 g/mol. The molecule has 228 valence electrons. The van der Waals surface area contributed by atoms with Gasteiger partial charge in [0.1, 0.15) is 20.4 Å². The molecular formula is C27H50N6O6Si. The van der Waals surface area contributed by atoms with Gasteiger partial charge in [0.05, 0.1) is 85.4 Å². The van der Waals surface area contributed by atoms with Crippen LogP contribution < -0.4 is 0 Å². The normalized spacial score (nSPS) is 11.7. The Hall–Kier alpha value is -2.01. The van der Waals surface area contributed by atoms with Crippen LogP contribution in [-0.4, -0.2) is 102 Å². The molecule has 1 rings (SSSR count). The lowest BCUT2D eigenvalue weighted by molar-refractivity contribution is 0.0113. The molecule has 0 radical (unpaired) electrons. The highest BCUT2D eigenvalue weighted by Crippen LogP contribution is 2.40. The Bertz CT molecular complexity index is 861. The van der Waals surface area contributed by atoms with Crippen LogP contribution in [0.3, 0.4) is 0 Å². The van der Waals surface area contributed by atoms with Crippen molar-refractivity contribution in [1.82, 2.24) is 15.0 Å². The molecular weight excluding hydrogens is 532 g/mol. The van der Waals surface area contributed by atoms with Crippen LogP contribution in [0, 0.1) is 11.5 Å². The smallest absolute Gasteiger partial charge is 0.146 e. The molecule has 40 heavy (non-hydrogen) atoms. The Balaban J connectivity index is 2.01. The lowest BCUT2D eigenvalue weighted by Crippen LogP contribution is -2.43. The molecule has 0 spiro atoms. The summed E-state index contributed by atoms with van der Waals surface area (Å²) in [7, 11) is -1.68. The Kier molecular flexibility index (Phi) is 20.4. The summed E-state index contributed by atoms with van der Waals surface area (Å²) in [4.78, 5) is 2.65. The number of aromatic nitrogens is 3. The predicted octanol–water partition coefficient (Wildman–Crippen LogP) is 4.41. The minimum absolute atomic E-state index is 0.325. The Morgan fingerprint density at radius 1 is 0.800 bits per heavy atom. The van der Waals surface area contributed by atoms with E-state index in [1.165, 1.54) is 0 Å². The zero-order chi connectivity index (χ0) is 29.5. The molecule has 0 aliphatic rings. The summed E-state index contributed by atoms with van der Waals surface area (Å²) in [6.45, 7) is 20.4. The summed E-state index contributed by atoms with van der Waals surface area (Å²) in [6.07, 6.45) is 1.84. The van der Waals surface area contributed by atoms with Crippen molar-refractivity contribution in [3.63, 3.8) is 0 Å². The Morgan fingerprint density at radius 2 is 1.32 bits per heavy atom. The second kappa shape index (κ2) is 22.7. The topological polar surface area (TPSA) is 135 Å². The molecule has 1 aromatic heterocycles. The van der Waals surface area contributed by atoms with Gasteiger partial charge in [0.25, 0.3) is 0 Å². The maximum atomic E-state index is 8.16. The first kappa shape index (κ1) is 36.0. The summed E-state index contributed by atoms with van der Waals surface area (Å²) < 4.78 is 34.8. The molecule has 13 heteroatoms. The molecule has 0 bridgehead atoms. The minimum Gasteiger partial charge on any atom is -0.379 e. The predicted molar refractivity (Wildman–Crippen MR) is 157 cm³/mol. The minimum atomic E-state index is -1.68. The van der Waals surface area contributed by atoms with Crippen LogP contribution in [0.1, 0.15) is 47.2 Å². The third-order valence-corrected chi connectivity index (χ3v) is 12.9. The summed E-state index contributed by atoms with van der Waals surface area (Å²) in [5.74, 6) is 3.30. The van der Waals surface area contributed by atoms with Gasteiger partial charge in [-0.25, -0.2) is 4.68 Å². The number of azide groups is 1. The molecule has 0 unspecified atom stereocenters. The lowest BCUT2D eigenvalue weighted by atomic mass is 10.5. The van der Waals surface area contributed by atoms with Gasteiger partial charge in [0.2, 0.25) is 0 Å². The number of nitrogens with zero attached hydrogens (tertiary/aromatic N) is 6. The van der Waals surface area contributed by atoms with Crippen LogP contribution in [0.4, 0.5) is 0 Å². The fraction of sp³-hybridized carbons (Fsp3) is 0.852. The fourth-order valence-corrected chi connectivity index (χ4v) is 9.87. The zero-order valence-electron chi connectivity index (χ0n) is 25.3. The van der Waals surface area contributed by atoms with Crippen molar-refractivity contribution in [2.45, 2.75) is 71.3 Å². The molecule has 1 aromatic rings. The summed E-state index contributed by atoms with van der Waals surface area (Å²) in [5.41, 5.74) is 14.5. The maximum Gasteiger partial charge on any atom is 0.146 e. The maximum absolute atomic E-state index is 8.16. The van der Waals surface area contributed by atoms with E-state index in [0.29, 0.717) is 109 Å². The number of hydrogen-bond donors (Lipinski definition) is 0. The van der Waals surface area contributed by atoms with Crippen molar-refractivity contribution in [3.8, 4) is 11.5 Å². The van der Waals surface area contributed by atoms with Gasteiger partial charge >= 0.3 is 0 Å². The van der Waals surface area contributed by atoms with Crippen molar-refractivity contribution in [1.29, 1.82) is 0 Å². The van der Waals surface area contributed by atoms with E-state index < -0.39 is 8.07 Å². The number of rotatable bonds is 24. The van der Waals surface area contributed by atoms with Gasteiger partial charge in [0.15, 0.2) is 0 Å². The summed E-state index contributed by atoms with van der Waals surface area (Å²) >= 11 is 0. The van der Waals surface area contributed by atoms with Crippen LogP contribution in [0.2, 0.25) is 16.6 Å². The van der Waals surface area contributed by atoms with E-state index in [1.807, 2.05) is 6.20 Å². The average Bonchev–Trinajstić information content (AvgIpc) is 3.37. The summed E-state index contributed by atoms with van der Waals surface area (Å²) in [6, 6.07) is 0. The van der Waals surface area contributed by atoms with E-state index in [0.717, 1.165) is 5.69 Å². The second-order valence-electron chi connectivity index (χ2n) is 10.2. The van der Waals surface area contributed by atoms with Gasteiger partial charge in [-0.05, 0) is 22.2 Å². The van der Waals surface area contributed by atoms with Crippen molar-refractivity contribution in [3.05, 3.63) is 22.3 Å². The first-order valence-corrected chi connectivity index (χ1v) is 16.4. The molecule has 0 amide bonds. The number of ether oxygens (including phenoxy) is 6. The first-order valence-electron chi connectivity index (χ1n) is 14.2. The van der Waals surface area contributed by atoms with E-state index in [9.17, 15) is 0 Å². The Labute approximate surface area is 241 Å². The molecule has 0 fully saturated rings. The average molecular weight is 583 g/mol. The van der Waals surface area contributed by atoms with Gasteiger partial charge < -0.3 is 28.4 Å². The first-order chi connectivity index (χ1) is 19.3. The quantitative estimate of drug-likeness (QED) is 0.0437. The third-order valence-electron chi connectivity index (χ3n) is 6.53. The van der Waals surface area contributed by atoms with E-state index in [4.69, 9.17) is 34.0 Å². The molecule has 0 aliphatic heterocycles. The standard InChI is InChI=1S/C27H50N6O6Si/c1-24(2)40(25(3)4,26(5)6)21-7-10-34-13-16-37-18-15-36-12-9-33-22-27(30-32-33)23-39-20-19-38-17-14-35-11-8-29-31-28/h22,24-26H,8-20,23H2,1-6H3. The summed E-state index contributed by atoms with van der Waals surface area (Å²) in [5, 5.41) is 11.6. The van der Waals surface area contributed by atoms with Crippen LogP contribution >= 0.6 is 0 Å². The third kappa shape index (κ3) is 15.1. The molecule has 1 heterocycles.